The van der Waals surface area contributed by atoms with Crippen molar-refractivity contribution in [1.29, 1.82) is 0 Å². The molecule has 1 aromatic rings. The van der Waals surface area contributed by atoms with E-state index in [0.717, 1.165) is 18.5 Å². The smallest absolute Gasteiger partial charge is 0.188 e. The molecule has 0 aliphatic heterocycles. The van der Waals surface area contributed by atoms with Crippen LogP contribution in [0, 0.1) is 5.82 Å². The van der Waals surface area contributed by atoms with Crippen molar-refractivity contribution in [3.05, 3.63) is 35.6 Å². The van der Waals surface area contributed by atoms with Crippen molar-refractivity contribution >= 4 is 29.9 Å². The Labute approximate surface area is 131 Å². The molecule has 0 amide bonds. The zero-order chi connectivity index (χ0) is 13.2. The number of hydrogen-bond donors (Lipinski definition) is 2. The third-order valence-electron chi connectivity index (χ3n) is 2.68. The summed E-state index contributed by atoms with van der Waals surface area (Å²) in [6.07, 6.45) is 4.82. The zero-order valence-corrected chi connectivity index (χ0v) is 13.7. The second-order valence-corrected chi connectivity index (χ2v) is 4.32. The number of nitrogens with zero attached hydrogens (tertiary/aromatic N) is 1. The van der Waals surface area contributed by atoms with Crippen molar-refractivity contribution in [1.82, 2.24) is 5.32 Å². The predicted molar refractivity (Wildman–Crippen MR) is 89.3 cm³/mol. The van der Waals surface area contributed by atoms with Crippen molar-refractivity contribution in [2.75, 3.05) is 6.54 Å². The Balaban J connectivity index is 0.00000324. The van der Waals surface area contributed by atoms with Crippen LogP contribution in [0.1, 0.15) is 38.2 Å². The Morgan fingerprint density at radius 2 is 1.89 bits per heavy atom. The van der Waals surface area contributed by atoms with Gasteiger partial charge in [0.15, 0.2) is 5.96 Å². The SMILES string of the molecule is CCCCCCNC(N)=NCc1ccc(F)cc1.I. The molecule has 3 nitrogen and oxygen atoms in total. The molecule has 0 aliphatic carbocycles. The second-order valence-electron chi connectivity index (χ2n) is 4.32. The third-order valence-corrected chi connectivity index (χ3v) is 2.68. The first-order chi connectivity index (χ1) is 8.72. The first-order valence-corrected chi connectivity index (χ1v) is 6.50. The quantitative estimate of drug-likeness (QED) is 0.330. The molecule has 0 spiro atoms. The van der Waals surface area contributed by atoms with E-state index in [9.17, 15) is 4.39 Å². The summed E-state index contributed by atoms with van der Waals surface area (Å²) in [4.78, 5) is 4.20. The predicted octanol–water partition coefficient (Wildman–Crippen LogP) is 3.43. The summed E-state index contributed by atoms with van der Waals surface area (Å²) in [7, 11) is 0. The number of hydrogen-bond acceptors (Lipinski definition) is 1. The summed E-state index contributed by atoms with van der Waals surface area (Å²) in [5.74, 6) is 0.223. The summed E-state index contributed by atoms with van der Waals surface area (Å²) < 4.78 is 12.7. The van der Waals surface area contributed by atoms with Crippen LogP contribution in [0.2, 0.25) is 0 Å². The van der Waals surface area contributed by atoms with Crippen molar-refractivity contribution in [3.63, 3.8) is 0 Å². The highest BCUT2D eigenvalue weighted by atomic mass is 127. The number of halogens is 2. The van der Waals surface area contributed by atoms with Crippen molar-refractivity contribution in [3.8, 4) is 0 Å². The first kappa shape index (κ1) is 18.1. The van der Waals surface area contributed by atoms with Crippen LogP contribution in [0.25, 0.3) is 0 Å². The molecule has 0 bridgehead atoms. The van der Waals surface area contributed by atoms with E-state index in [1.807, 2.05) is 0 Å². The lowest BCUT2D eigenvalue weighted by molar-refractivity contribution is 0.627. The lowest BCUT2D eigenvalue weighted by Crippen LogP contribution is -2.32. The number of benzene rings is 1. The van der Waals surface area contributed by atoms with Gasteiger partial charge >= 0.3 is 0 Å². The van der Waals surface area contributed by atoms with E-state index in [1.54, 1.807) is 12.1 Å². The maximum absolute atomic E-state index is 12.7. The van der Waals surface area contributed by atoms with Crippen molar-refractivity contribution in [2.45, 2.75) is 39.2 Å². The Hall–Kier alpha value is -0.850. The Kier molecular flexibility index (Phi) is 10.5. The summed E-state index contributed by atoms with van der Waals surface area (Å²) in [5.41, 5.74) is 6.68. The van der Waals surface area contributed by atoms with Gasteiger partial charge in [-0.15, -0.1) is 24.0 Å². The highest BCUT2D eigenvalue weighted by Gasteiger charge is 1.94. The Bertz CT molecular complexity index is 365. The first-order valence-electron chi connectivity index (χ1n) is 6.50. The average Bonchev–Trinajstić information content (AvgIpc) is 2.38. The molecule has 0 atom stereocenters. The highest BCUT2D eigenvalue weighted by molar-refractivity contribution is 14.0. The molecule has 0 fully saturated rings. The third kappa shape index (κ3) is 8.80. The Morgan fingerprint density at radius 3 is 2.53 bits per heavy atom. The zero-order valence-electron chi connectivity index (χ0n) is 11.4. The second kappa shape index (κ2) is 11.0. The van der Waals surface area contributed by atoms with Crippen LogP contribution in [0.5, 0.6) is 0 Å². The molecule has 0 aliphatic rings. The van der Waals surface area contributed by atoms with E-state index < -0.39 is 0 Å². The van der Waals surface area contributed by atoms with Gasteiger partial charge in [0.25, 0.3) is 0 Å². The van der Waals surface area contributed by atoms with E-state index in [-0.39, 0.29) is 29.8 Å². The topological polar surface area (TPSA) is 50.4 Å². The van der Waals surface area contributed by atoms with Gasteiger partial charge in [-0.3, -0.25) is 0 Å². The van der Waals surface area contributed by atoms with Gasteiger partial charge in [-0.2, -0.15) is 0 Å². The molecule has 0 unspecified atom stereocenters. The number of aliphatic imine (C=N–C) groups is 1. The molecule has 3 N–H and O–H groups in total. The molecular formula is C14H23FIN3. The minimum Gasteiger partial charge on any atom is -0.370 e. The van der Waals surface area contributed by atoms with Crippen LogP contribution in [0.15, 0.2) is 29.3 Å². The van der Waals surface area contributed by atoms with Gasteiger partial charge in [0.05, 0.1) is 6.54 Å². The van der Waals surface area contributed by atoms with Crippen LogP contribution < -0.4 is 11.1 Å². The van der Waals surface area contributed by atoms with Crippen LogP contribution >= 0.6 is 24.0 Å². The fourth-order valence-electron chi connectivity index (χ4n) is 1.59. The maximum atomic E-state index is 12.7. The average molecular weight is 379 g/mol. The molecule has 0 aromatic heterocycles. The molecule has 19 heavy (non-hydrogen) atoms. The Morgan fingerprint density at radius 1 is 1.21 bits per heavy atom. The number of nitrogens with two attached hydrogens (primary N) is 1. The molecular weight excluding hydrogens is 356 g/mol. The van der Waals surface area contributed by atoms with Crippen LogP contribution in [-0.4, -0.2) is 12.5 Å². The van der Waals surface area contributed by atoms with Crippen LogP contribution in [0.3, 0.4) is 0 Å². The van der Waals surface area contributed by atoms with Crippen LogP contribution in [-0.2, 0) is 6.54 Å². The molecule has 1 rings (SSSR count). The monoisotopic (exact) mass is 379 g/mol. The van der Waals surface area contributed by atoms with Crippen LogP contribution in [0.4, 0.5) is 4.39 Å². The van der Waals surface area contributed by atoms with Gasteiger partial charge in [0.2, 0.25) is 0 Å². The molecule has 1 aromatic carbocycles. The fraction of sp³-hybridized carbons (Fsp3) is 0.500. The van der Waals surface area contributed by atoms with Crippen molar-refractivity contribution in [2.24, 2.45) is 10.7 Å². The van der Waals surface area contributed by atoms with Gasteiger partial charge in [0, 0.05) is 6.54 Å². The van der Waals surface area contributed by atoms with E-state index in [2.05, 4.69) is 17.2 Å². The minimum atomic E-state index is -0.232. The fourth-order valence-corrected chi connectivity index (χ4v) is 1.59. The van der Waals surface area contributed by atoms with E-state index in [0.29, 0.717) is 12.5 Å². The van der Waals surface area contributed by atoms with Gasteiger partial charge in [-0.1, -0.05) is 38.3 Å². The molecule has 0 saturated heterocycles. The van der Waals surface area contributed by atoms with Gasteiger partial charge in [-0.05, 0) is 24.1 Å². The highest BCUT2D eigenvalue weighted by Crippen LogP contribution is 2.03. The number of guanidine groups is 1. The summed E-state index contributed by atoms with van der Waals surface area (Å²) >= 11 is 0. The van der Waals surface area contributed by atoms with Crippen molar-refractivity contribution < 1.29 is 4.39 Å². The summed E-state index contributed by atoms with van der Waals surface area (Å²) in [6, 6.07) is 6.29. The molecule has 5 heteroatoms. The normalized spacial score (nSPS) is 10.9. The van der Waals surface area contributed by atoms with E-state index in [4.69, 9.17) is 5.73 Å². The van der Waals surface area contributed by atoms with Gasteiger partial charge in [0.1, 0.15) is 5.82 Å². The maximum Gasteiger partial charge on any atom is 0.188 e. The summed E-state index contributed by atoms with van der Waals surface area (Å²) in [5, 5.41) is 3.08. The molecule has 0 saturated carbocycles. The molecule has 0 radical (unpaired) electrons. The molecule has 0 heterocycles. The standard InChI is InChI=1S/C14H22FN3.HI/c1-2-3-4-5-10-17-14(16)18-11-12-6-8-13(15)9-7-12;/h6-9H,2-5,10-11H2,1H3,(H3,16,17,18);1H. The number of unbranched alkanes of at least 4 members (excludes halogenated alkanes) is 3. The van der Waals surface area contributed by atoms with E-state index >= 15 is 0 Å². The van der Waals surface area contributed by atoms with Gasteiger partial charge < -0.3 is 11.1 Å². The minimum absolute atomic E-state index is 0. The largest absolute Gasteiger partial charge is 0.370 e. The van der Waals surface area contributed by atoms with E-state index in [1.165, 1.54) is 31.4 Å². The lowest BCUT2D eigenvalue weighted by atomic mass is 10.2. The van der Waals surface area contributed by atoms with Gasteiger partial charge in [-0.25, -0.2) is 9.38 Å². The number of rotatable bonds is 7. The lowest BCUT2D eigenvalue weighted by Gasteiger charge is -2.05. The number of nitrogens with one attached hydrogen (secondary N) is 1. The molecule has 108 valence electrons. The summed E-state index contributed by atoms with van der Waals surface area (Å²) in [6.45, 7) is 3.53.